The molecule has 64 valence electrons. The van der Waals surface area contributed by atoms with Crippen molar-refractivity contribution in [2.75, 3.05) is 6.61 Å². The van der Waals surface area contributed by atoms with E-state index in [-0.39, 0.29) is 5.60 Å². The predicted molar refractivity (Wildman–Crippen MR) is 44.5 cm³/mol. The van der Waals surface area contributed by atoms with Crippen molar-refractivity contribution < 1.29 is 4.74 Å². The molecule has 0 N–H and O–H groups in total. The van der Waals surface area contributed by atoms with Gasteiger partial charge in [0.2, 0.25) is 0 Å². The van der Waals surface area contributed by atoms with E-state index in [0.717, 1.165) is 12.2 Å². The average Bonchev–Trinajstić information content (AvgIpc) is 2.86. The normalized spacial score (nSPS) is 27.6. The average molecular weight is 164 g/mol. The number of epoxide rings is 1. The largest absolute Gasteiger partial charge is 0.364 e. The van der Waals surface area contributed by atoms with E-state index in [0.29, 0.717) is 5.92 Å². The molecule has 2 rings (SSSR count). The van der Waals surface area contributed by atoms with Gasteiger partial charge in [-0.05, 0) is 5.92 Å². The first kappa shape index (κ1) is 7.68. The van der Waals surface area contributed by atoms with Gasteiger partial charge in [-0.1, -0.05) is 13.8 Å². The third-order valence-corrected chi connectivity index (χ3v) is 2.44. The summed E-state index contributed by atoms with van der Waals surface area (Å²) in [5.41, 5.74) is 1.02. The van der Waals surface area contributed by atoms with Crippen molar-refractivity contribution >= 4 is 0 Å². The molecule has 1 atom stereocenters. The van der Waals surface area contributed by atoms with Crippen LogP contribution < -0.4 is 0 Å². The smallest absolute Gasteiger partial charge is 0.122 e. The van der Waals surface area contributed by atoms with Gasteiger partial charge in [0.1, 0.15) is 11.9 Å². The summed E-state index contributed by atoms with van der Waals surface area (Å²) in [4.78, 5) is 7.96. The first-order valence-electron chi connectivity index (χ1n) is 4.15. The fourth-order valence-corrected chi connectivity index (χ4v) is 1.43. The quantitative estimate of drug-likeness (QED) is 0.619. The molecule has 0 radical (unpaired) electrons. The minimum absolute atomic E-state index is 0.0821. The summed E-state index contributed by atoms with van der Waals surface area (Å²) in [6.07, 6.45) is 5.21. The van der Waals surface area contributed by atoms with Crippen LogP contribution in [0.3, 0.4) is 0 Å². The van der Waals surface area contributed by atoms with Gasteiger partial charge in [0.05, 0.1) is 6.61 Å². The number of aromatic nitrogens is 2. The lowest BCUT2D eigenvalue weighted by atomic mass is 9.91. The van der Waals surface area contributed by atoms with Crippen LogP contribution in [0.25, 0.3) is 0 Å². The third kappa shape index (κ3) is 1.01. The molecule has 1 aromatic rings. The van der Waals surface area contributed by atoms with Crippen molar-refractivity contribution in [1.82, 2.24) is 9.97 Å². The Kier molecular flexibility index (Phi) is 1.61. The maximum Gasteiger partial charge on any atom is 0.122 e. The summed E-state index contributed by atoms with van der Waals surface area (Å²) in [6, 6.07) is 0. The van der Waals surface area contributed by atoms with Crippen LogP contribution in [0.5, 0.6) is 0 Å². The zero-order valence-corrected chi connectivity index (χ0v) is 7.32. The molecule has 3 nitrogen and oxygen atoms in total. The lowest BCUT2D eigenvalue weighted by Gasteiger charge is -2.14. The predicted octanol–water partition coefficient (Wildman–Crippen LogP) is 1.36. The van der Waals surface area contributed by atoms with Crippen LogP contribution in [-0.2, 0) is 10.3 Å². The van der Waals surface area contributed by atoms with Crippen molar-refractivity contribution in [3.05, 3.63) is 24.3 Å². The SMILES string of the molecule is CC(C)C1(c2cncnc2)CO1. The minimum Gasteiger partial charge on any atom is -0.364 e. The second-order valence-corrected chi connectivity index (χ2v) is 3.46. The topological polar surface area (TPSA) is 38.3 Å². The monoisotopic (exact) mass is 164 g/mol. The molecule has 1 unspecified atom stereocenters. The molecule has 0 spiro atoms. The summed E-state index contributed by atoms with van der Waals surface area (Å²) >= 11 is 0. The molecule has 0 aromatic carbocycles. The molecule has 0 amide bonds. The molecule has 1 saturated heterocycles. The lowest BCUT2D eigenvalue weighted by molar-refractivity contribution is 0.241. The van der Waals surface area contributed by atoms with Gasteiger partial charge < -0.3 is 4.74 Å². The van der Waals surface area contributed by atoms with E-state index < -0.39 is 0 Å². The molecule has 3 heteroatoms. The second kappa shape index (κ2) is 2.52. The van der Waals surface area contributed by atoms with Crippen molar-refractivity contribution in [2.24, 2.45) is 5.92 Å². The van der Waals surface area contributed by atoms with E-state index in [4.69, 9.17) is 4.74 Å². The van der Waals surface area contributed by atoms with Crippen LogP contribution in [0.15, 0.2) is 18.7 Å². The number of rotatable bonds is 2. The summed E-state index contributed by atoms with van der Waals surface area (Å²) in [5.74, 6) is 0.489. The number of ether oxygens (including phenoxy) is 1. The van der Waals surface area contributed by atoms with E-state index in [1.165, 1.54) is 0 Å². The Balaban J connectivity index is 2.31. The molecule has 1 aliphatic rings. The zero-order valence-electron chi connectivity index (χ0n) is 7.32. The van der Waals surface area contributed by atoms with Gasteiger partial charge >= 0.3 is 0 Å². The Morgan fingerprint density at radius 2 is 2.00 bits per heavy atom. The van der Waals surface area contributed by atoms with Gasteiger partial charge in [0.25, 0.3) is 0 Å². The summed E-state index contributed by atoms with van der Waals surface area (Å²) < 4.78 is 5.46. The molecule has 2 heterocycles. The van der Waals surface area contributed by atoms with Crippen LogP contribution in [-0.4, -0.2) is 16.6 Å². The van der Waals surface area contributed by atoms with Gasteiger partial charge in [0, 0.05) is 18.0 Å². The maximum absolute atomic E-state index is 5.46. The highest BCUT2D eigenvalue weighted by atomic mass is 16.6. The maximum atomic E-state index is 5.46. The fraction of sp³-hybridized carbons (Fsp3) is 0.556. The van der Waals surface area contributed by atoms with Crippen LogP contribution in [0.2, 0.25) is 0 Å². The Bertz CT molecular complexity index is 267. The standard InChI is InChI=1S/C9H12N2O/c1-7(2)9(5-12-9)8-3-10-6-11-4-8/h3-4,6-7H,5H2,1-2H3. The zero-order chi connectivity index (χ0) is 8.60. The van der Waals surface area contributed by atoms with Crippen LogP contribution in [0, 0.1) is 5.92 Å². The second-order valence-electron chi connectivity index (χ2n) is 3.46. The molecule has 0 saturated carbocycles. The summed E-state index contributed by atoms with van der Waals surface area (Å²) in [5, 5.41) is 0. The highest BCUT2D eigenvalue weighted by Crippen LogP contribution is 2.44. The molecule has 1 aromatic heterocycles. The summed E-state index contributed by atoms with van der Waals surface area (Å²) in [6.45, 7) is 5.11. The Morgan fingerprint density at radius 1 is 1.42 bits per heavy atom. The Labute approximate surface area is 71.8 Å². The number of nitrogens with zero attached hydrogens (tertiary/aromatic N) is 2. The third-order valence-electron chi connectivity index (χ3n) is 2.44. The van der Waals surface area contributed by atoms with Gasteiger partial charge in [-0.3, -0.25) is 0 Å². The molecule has 1 fully saturated rings. The van der Waals surface area contributed by atoms with Crippen molar-refractivity contribution in [1.29, 1.82) is 0 Å². The van der Waals surface area contributed by atoms with Gasteiger partial charge in [-0.2, -0.15) is 0 Å². The highest BCUT2D eigenvalue weighted by Gasteiger charge is 2.49. The molecule has 0 aliphatic carbocycles. The number of hydrogen-bond donors (Lipinski definition) is 0. The lowest BCUT2D eigenvalue weighted by Crippen LogP contribution is -2.17. The minimum atomic E-state index is -0.0821. The van der Waals surface area contributed by atoms with E-state index in [9.17, 15) is 0 Å². The van der Waals surface area contributed by atoms with Crippen molar-refractivity contribution in [3.8, 4) is 0 Å². The van der Waals surface area contributed by atoms with Crippen molar-refractivity contribution in [3.63, 3.8) is 0 Å². The van der Waals surface area contributed by atoms with E-state index in [1.54, 1.807) is 6.33 Å². The first-order valence-corrected chi connectivity index (χ1v) is 4.15. The Morgan fingerprint density at radius 3 is 2.42 bits per heavy atom. The van der Waals surface area contributed by atoms with Gasteiger partial charge in [0.15, 0.2) is 0 Å². The van der Waals surface area contributed by atoms with E-state index in [1.807, 2.05) is 12.4 Å². The number of hydrogen-bond acceptors (Lipinski definition) is 3. The van der Waals surface area contributed by atoms with Crippen LogP contribution in [0.4, 0.5) is 0 Å². The van der Waals surface area contributed by atoms with Gasteiger partial charge in [-0.25, -0.2) is 9.97 Å². The molecular weight excluding hydrogens is 152 g/mol. The summed E-state index contributed by atoms with van der Waals surface area (Å²) in [7, 11) is 0. The molecular formula is C9H12N2O. The highest BCUT2D eigenvalue weighted by molar-refractivity contribution is 5.21. The van der Waals surface area contributed by atoms with E-state index >= 15 is 0 Å². The fourth-order valence-electron chi connectivity index (χ4n) is 1.43. The van der Waals surface area contributed by atoms with Gasteiger partial charge in [-0.15, -0.1) is 0 Å². The first-order chi connectivity index (χ1) is 5.76. The molecule has 12 heavy (non-hydrogen) atoms. The molecule has 1 aliphatic heterocycles. The molecule has 0 bridgehead atoms. The van der Waals surface area contributed by atoms with Crippen LogP contribution in [0.1, 0.15) is 19.4 Å². The van der Waals surface area contributed by atoms with Crippen molar-refractivity contribution in [2.45, 2.75) is 19.4 Å². The Hall–Kier alpha value is -0.960. The van der Waals surface area contributed by atoms with Crippen LogP contribution >= 0.6 is 0 Å². The van der Waals surface area contributed by atoms with E-state index in [2.05, 4.69) is 23.8 Å².